The number of carbonyl (C=O) groups excluding carboxylic acids is 2. The zero-order valence-corrected chi connectivity index (χ0v) is 8.64. The summed E-state index contributed by atoms with van der Waals surface area (Å²) in [4.78, 5) is 21.1. The van der Waals surface area contributed by atoms with Gasteiger partial charge in [-0.2, -0.15) is 0 Å². The normalized spacial score (nSPS) is 9.50. The monoisotopic (exact) mass is 198 g/mol. The summed E-state index contributed by atoms with van der Waals surface area (Å²) >= 11 is 0. The Hall–Kier alpha value is -1.32. The number of nitrogens with two attached hydrogens (primary N) is 1. The Morgan fingerprint density at radius 3 is 2.43 bits per heavy atom. The number of carbonyl (C=O) groups is 2. The molecule has 80 valence electrons. The molecule has 0 bridgehead atoms. The van der Waals surface area contributed by atoms with Gasteiger partial charge in [0, 0.05) is 19.0 Å². The molecule has 0 atom stereocenters. The molecule has 4 nitrogen and oxygen atoms in total. The van der Waals surface area contributed by atoms with Gasteiger partial charge in [-0.05, 0) is 19.3 Å². The van der Waals surface area contributed by atoms with Crippen LogP contribution in [-0.4, -0.2) is 18.4 Å². The van der Waals surface area contributed by atoms with E-state index in [9.17, 15) is 9.59 Å². The van der Waals surface area contributed by atoms with Crippen LogP contribution in [0.2, 0.25) is 0 Å². The van der Waals surface area contributed by atoms with Gasteiger partial charge >= 0.3 is 0 Å². The van der Waals surface area contributed by atoms with Crippen LogP contribution in [0.15, 0.2) is 12.2 Å². The summed E-state index contributed by atoms with van der Waals surface area (Å²) < 4.78 is 0. The van der Waals surface area contributed by atoms with Crippen LogP contribution in [0, 0.1) is 0 Å². The molecule has 0 aliphatic rings. The third-order valence-electron chi connectivity index (χ3n) is 1.88. The molecule has 0 aliphatic carbocycles. The van der Waals surface area contributed by atoms with Gasteiger partial charge < -0.3 is 11.1 Å². The largest absolute Gasteiger partial charge is 0.366 e. The molecule has 0 unspecified atom stereocenters. The van der Waals surface area contributed by atoms with Crippen LogP contribution in [0.3, 0.4) is 0 Å². The van der Waals surface area contributed by atoms with E-state index in [1.807, 2.05) is 0 Å². The highest BCUT2D eigenvalue weighted by Gasteiger charge is 2.00. The number of hydrogen-bond acceptors (Lipinski definition) is 2. The minimum atomic E-state index is -0.424. The lowest BCUT2D eigenvalue weighted by Gasteiger charge is -2.02. The minimum Gasteiger partial charge on any atom is -0.366 e. The zero-order chi connectivity index (χ0) is 11.0. The lowest BCUT2D eigenvalue weighted by atomic mass is 10.1. The average Bonchev–Trinajstić information content (AvgIpc) is 2.09. The van der Waals surface area contributed by atoms with Crippen molar-refractivity contribution in [1.82, 2.24) is 5.32 Å². The molecule has 0 heterocycles. The molecule has 0 rings (SSSR count). The molecule has 4 heteroatoms. The molecule has 0 aromatic heterocycles. The molecule has 14 heavy (non-hydrogen) atoms. The van der Waals surface area contributed by atoms with Crippen molar-refractivity contribution in [2.24, 2.45) is 5.73 Å². The van der Waals surface area contributed by atoms with Crippen LogP contribution in [0.1, 0.15) is 32.6 Å². The van der Waals surface area contributed by atoms with Crippen molar-refractivity contribution >= 4 is 11.8 Å². The standard InChI is InChI=1S/C10H18N2O2/c1-8(10(11)14)6-4-3-5-7-12-9(2)13/h1,3-7H2,2H3,(H2,11,14)(H,12,13). The highest BCUT2D eigenvalue weighted by Crippen LogP contribution is 2.05. The van der Waals surface area contributed by atoms with E-state index < -0.39 is 5.91 Å². The van der Waals surface area contributed by atoms with Crippen molar-refractivity contribution in [1.29, 1.82) is 0 Å². The van der Waals surface area contributed by atoms with Gasteiger partial charge in [0.15, 0.2) is 0 Å². The first kappa shape index (κ1) is 12.7. The Balaban J connectivity index is 3.26. The van der Waals surface area contributed by atoms with E-state index in [-0.39, 0.29) is 5.91 Å². The Kier molecular flexibility index (Phi) is 6.45. The SMILES string of the molecule is C=C(CCCCCNC(C)=O)C(N)=O. The average molecular weight is 198 g/mol. The lowest BCUT2D eigenvalue weighted by Crippen LogP contribution is -2.20. The number of unbranched alkanes of at least 4 members (excludes halogenated alkanes) is 2. The summed E-state index contributed by atoms with van der Waals surface area (Å²) in [6.07, 6.45) is 3.43. The third-order valence-corrected chi connectivity index (χ3v) is 1.88. The molecular formula is C10H18N2O2. The molecule has 0 radical (unpaired) electrons. The topological polar surface area (TPSA) is 72.2 Å². The number of rotatable bonds is 7. The maximum Gasteiger partial charge on any atom is 0.244 e. The summed E-state index contributed by atoms with van der Waals surface area (Å²) in [5.74, 6) is -0.432. The number of hydrogen-bond donors (Lipinski definition) is 2. The van der Waals surface area contributed by atoms with Gasteiger partial charge in [0.05, 0.1) is 0 Å². The van der Waals surface area contributed by atoms with E-state index in [0.717, 1.165) is 19.3 Å². The predicted octanol–water partition coefficient (Wildman–Crippen LogP) is 0.724. The van der Waals surface area contributed by atoms with Crippen molar-refractivity contribution in [2.45, 2.75) is 32.6 Å². The quantitative estimate of drug-likeness (QED) is 0.467. The van der Waals surface area contributed by atoms with Gasteiger partial charge in [-0.3, -0.25) is 9.59 Å². The highest BCUT2D eigenvalue weighted by molar-refractivity contribution is 5.91. The Morgan fingerprint density at radius 2 is 1.93 bits per heavy atom. The fraction of sp³-hybridized carbons (Fsp3) is 0.600. The second-order valence-corrected chi connectivity index (χ2v) is 3.26. The van der Waals surface area contributed by atoms with E-state index in [2.05, 4.69) is 11.9 Å². The predicted molar refractivity (Wildman–Crippen MR) is 55.5 cm³/mol. The van der Waals surface area contributed by atoms with Crippen LogP contribution >= 0.6 is 0 Å². The van der Waals surface area contributed by atoms with Gasteiger partial charge in [-0.15, -0.1) is 0 Å². The van der Waals surface area contributed by atoms with Crippen molar-refractivity contribution in [3.63, 3.8) is 0 Å². The summed E-state index contributed by atoms with van der Waals surface area (Å²) in [5, 5.41) is 2.70. The number of primary amides is 1. The lowest BCUT2D eigenvalue weighted by molar-refractivity contribution is -0.119. The molecule has 0 saturated carbocycles. The molecule has 0 aliphatic heterocycles. The van der Waals surface area contributed by atoms with Crippen LogP contribution in [0.4, 0.5) is 0 Å². The maximum atomic E-state index is 10.6. The Bertz CT molecular complexity index is 224. The fourth-order valence-electron chi connectivity index (χ4n) is 1.03. The van der Waals surface area contributed by atoms with Gasteiger partial charge in [0.25, 0.3) is 0 Å². The van der Waals surface area contributed by atoms with Crippen molar-refractivity contribution in [3.8, 4) is 0 Å². The van der Waals surface area contributed by atoms with E-state index >= 15 is 0 Å². The molecule has 2 amide bonds. The first-order chi connectivity index (χ1) is 6.54. The van der Waals surface area contributed by atoms with Gasteiger partial charge in [0.1, 0.15) is 0 Å². The van der Waals surface area contributed by atoms with Gasteiger partial charge in [0.2, 0.25) is 11.8 Å². The molecule has 0 aromatic carbocycles. The molecule has 0 aromatic rings. The second-order valence-electron chi connectivity index (χ2n) is 3.26. The summed E-state index contributed by atoms with van der Waals surface area (Å²) in [5.41, 5.74) is 5.50. The maximum absolute atomic E-state index is 10.6. The summed E-state index contributed by atoms with van der Waals surface area (Å²) in [6.45, 7) is 5.74. The van der Waals surface area contributed by atoms with Gasteiger partial charge in [-0.1, -0.05) is 13.0 Å². The molecular weight excluding hydrogens is 180 g/mol. The van der Waals surface area contributed by atoms with Crippen LogP contribution in [0.25, 0.3) is 0 Å². The Labute approximate surface area is 84.5 Å². The zero-order valence-electron chi connectivity index (χ0n) is 8.64. The van der Waals surface area contributed by atoms with E-state index in [0.29, 0.717) is 18.5 Å². The molecule has 3 N–H and O–H groups in total. The molecule has 0 spiro atoms. The first-order valence-corrected chi connectivity index (χ1v) is 4.76. The number of amides is 2. The fourth-order valence-corrected chi connectivity index (χ4v) is 1.03. The Morgan fingerprint density at radius 1 is 1.29 bits per heavy atom. The van der Waals surface area contributed by atoms with E-state index in [1.165, 1.54) is 6.92 Å². The summed E-state index contributed by atoms with van der Waals surface area (Å²) in [6, 6.07) is 0. The van der Waals surface area contributed by atoms with Crippen molar-refractivity contribution < 1.29 is 9.59 Å². The van der Waals surface area contributed by atoms with E-state index in [1.54, 1.807) is 0 Å². The summed E-state index contributed by atoms with van der Waals surface area (Å²) in [7, 11) is 0. The minimum absolute atomic E-state index is 0.00783. The van der Waals surface area contributed by atoms with Gasteiger partial charge in [-0.25, -0.2) is 0 Å². The molecule has 0 fully saturated rings. The van der Waals surface area contributed by atoms with Crippen molar-refractivity contribution in [2.75, 3.05) is 6.54 Å². The third kappa shape index (κ3) is 7.34. The second kappa shape index (κ2) is 7.12. The smallest absolute Gasteiger partial charge is 0.244 e. The van der Waals surface area contributed by atoms with E-state index in [4.69, 9.17) is 5.73 Å². The highest BCUT2D eigenvalue weighted by atomic mass is 16.1. The molecule has 0 saturated heterocycles. The number of nitrogens with one attached hydrogen (secondary N) is 1. The van der Waals surface area contributed by atoms with Crippen LogP contribution in [0.5, 0.6) is 0 Å². The first-order valence-electron chi connectivity index (χ1n) is 4.76. The van der Waals surface area contributed by atoms with Crippen molar-refractivity contribution in [3.05, 3.63) is 12.2 Å². The van der Waals surface area contributed by atoms with Crippen LogP contribution in [-0.2, 0) is 9.59 Å². The van der Waals surface area contributed by atoms with Crippen LogP contribution < -0.4 is 11.1 Å².